The number of hydrogen-bond acceptors (Lipinski definition) is 2. The van der Waals surface area contributed by atoms with Crippen molar-refractivity contribution in [3.63, 3.8) is 0 Å². The molecule has 0 atom stereocenters. The standard InChI is InChI=1S/C12H10F3NO/c1-8-2-7-11(17-16-8)9-3-5-10(6-4-9)12(13,14)15/h3-7H,2H2,1H3. The summed E-state index contributed by atoms with van der Waals surface area (Å²) in [4.78, 5) is 5.07. The van der Waals surface area contributed by atoms with Crippen LogP contribution in [-0.2, 0) is 11.0 Å². The van der Waals surface area contributed by atoms with Crippen molar-refractivity contribution in [3.8, 4) is 0 Å². The third kappa shape index (κ3) is 2.67. The van der Waals surface area contributed by atoms with Crippen molar-refractivity contribution in [1.29, 1.82) is 0 Å². The van der Waals surface area contributed by atoms with Gasteiger partial charge in [-0.15, -0.1) is 0 Å². The highest BCUT2D eigenvalue weighted by Crippen LogP contribution is 2.30. The normalized spacial score (nSPS) is 16.0. The van der Waals surface area contributed by atoms with Gasteiger partial charge in [-0.2, -0.15) is 13.2 Å². The summed E-state index contributed by atoms with van der Waals surface area (Å²) in [6.45, 7) is 1.82. The highest BCUT2D eigenvalue weighted by atomic mass is 19.4. The van der Waals surface area contributed by atoms with E-state index < -0.39 is 11.7 Å². The van der Waals surface area contributed by atoms with E-state index in [1.54, 1.807) is 6.08 Å². The average Bonchev–Trinajstić information content (AvgIpc) is 2.29. The van der Waals surface area contributed by atoms with Crippen LogP contribution in [0.2, 0.25) is 0 Å². The van der Waals surface area contributed by atoms with Gasteiger partial charge in [0.15, 0.2) is 5.76 Å². The summed E-state index contributed by atoms with van der Waals surface area (Å²) < 4.78 is 37.0. The molecule has 0 aliphatic carbocycles. The fourth-order valence-corrected chi connectivity index (χ4v) is 1.44. The molecule has 2 nitrogen and oxygen atoms in total. The summed E-state index contributed by atoms with van der Waals surface area (Å²) in [5.74, 6) is 0.490. The van der Waals surface area contributed by atoms with Crippen LogP contribution >= 0.6 is 0 Å². The number of rotatable bonds is 1. The van der Waals surface area contributed by atoms with Crippen LogP contribution in [0.3, 0.4) is 0 Å². The van der Waals surface area contributed by atoms with E-state index in [4.69, 9.17) is 4.84 Å². The van der Waals surface area contributed by atoms with Crippen molar-refractivity contribution in [1.82, 2.24) is 0 Å². The molecule has 5 heteroatoms. The number of benzene rings is 1. The molecule has 0 fully saturated rings. The van der Waals surface area contributed by atoms with Gasteiger partial charge in [0.25, 0.3) is 0 Å². The van der Waals surface area contributed by atoms with Crippen LogP contribution in [0, 0.1) is 0 Å². The number of hydrogen-bond donors (Lipinski definition) is 0. The number of oxime groups is 1. The summed E-state index contributed by atoms with van der Waals surface area (Å²) in [5, 5.41) is 3.79. The van der Waals surface area contributed by atoms with E-state index in [2.05, 4.69) is 5.16 Å². The molecule has 0 N–H and O–H groups in total. The smallest absolute Gasteiger partial charge is 0.357 e. The first kappa shape index (κ1) is 11.7. The minimum Gasteiger partial charge on any atom is -0.357 e. The quantitative estimate of drug-likeness (QED) is 0.732. The predicted octanol–water partition coefficient (Wildman–Crippen LogP) is 3.84. The van der Waals surface area contributed by atoms with Crippen LogP contribution in [0.15, 0.2) is 35.5 Å². The maximum Gasteiger partial charge on any atom is 0.416 e. The molecule has 17 heavy (non-hydrogen) atoms. The van der Waals surface area contributed by atoms with E-state index in [-0.39, 0.29) is 0 Å². The first-order valence-corrected chi connectivity index (χ1v) is 5.05. The lowest BCUT2D eigenvalue weighted by Crippen LogP contribution is -2.05. The van der Waals surface area contributed by atoms with Crippen LogP contribution in [0.5, 0.6) is 0 Å². The Labute approximate surface area is 96.4 Å². The predicted molar refractivity (Wildman–Crippen MR) is 58.2 cm³/mol. The molecule has 1 aromatic rings. The lowest BCUT2D eigenvalue weighted by molar-refractivity contribution is -0.137. The number of nitrogens with zero attached hydrogens (tertiary/aromatic N) is 1. The fraction of sp³-hybridized carbons (Fsp3) is 0.250. The van der Waals surface area contributed by atoms with Gasteiger partial charge in [-0.05, 0) is 25.1 Å². The molecule has 0 amide bonds. The fourth-order valence-electron chi connectivity index (χ4n) is 1.44. The molecule has 0 aromatic heterocycles. The minimum atomic E-state index is -4.31. The Morgan fingerprint density at radius 2 is 1.82 bits per heavy atom. The third-order valence-electron chi connectivity index (χ3n) is 2.38. The van der Waals surface area contributed by atoms with Crippen molar-refractivity contribution >= 4 is 11.5 Å². The third-order valence-corrected chi connectivity index (χ3v) is 2.38. The van der Waals surface area contributed by atoms with Gasteiger partial charge in [0, 0.05) is 12.0 Å². The number of alkyl halides is 3. The molecule has 2 rings (SSSR count). The highest BCUT2D eigenvalue weighted by Gasteiger charge is 2.30. The topological polar surface area (TPSA) is 21.6 Å². The Balaban J connectivity index is 2.20. The van der Waals surface area contributed by atoms with E-state index in [0.717, 1.165) is 17.8 Å². The zero-order valence-corrected chi connectivity index (χ0v) is 9.08. The molecule has 0 spiro atoms. The Hall–Kier alpha value is -1.78. The van der Waals surface area contributed by atoms with Gasteiger partial charge in [0.05, 0.1) is 11.3 Å². The van der Waals surface area contributed by atoms with Crippen LogP contribution < -0.4 is 0 Å². The maximum atomic E-state index is 12.3. The van der Waals surface area contributed by atoms with Gasteiger partial charge >= 0.3 is 6.18 Å². The minimum absolute atomic E-state index is 0.490. The van der Waals surface area contributed by atoms with Crippen molar-refractivity contribution in [2.45, 2.75) is 19.5 Å². The summed E-state index contributed by atoms with van der Waals surface area (Å²) >= 11 is 0. The molecule has 1 heterocycles. The second kappa shape index (κ2) is 4.24. The second-order valence-corrected chi connectivity index (χ2v) is 3.77. The van der Waals surface area contributed by atoms with Gasteiger partial charge in [-0.1, -0.05) is 17.3 Å². The Kier molecular flexibility index (Phi) is 2.92. The Morgan fingerprint density at radius 3 is 2.29 bits per heavy atom. The van der Waals surface area contributed by atoms with E-state index >= 15 is 0 Å². The monoisotopic (exact) mass is 241 g/mol. The van der Waals surface area contributed by atoms with Gasteiger partial charge in [0.1, 0.15) is 0 Å². The van der Waals surface area contributed by atoms with Gasteiger partial charge < -0.3 is 4.84 Å². The molecule has 1 aliphatic heterocycles. The molecule has 0 bridgehead atoms. The largest absolute Gasteiger partial charge is 0.416 e. The summed E-state index contributed by atoms with van der Waals surface area (Å²) in [5.41, 5.74) is 0.757. The maximum absolute atomic E-state index is 12.3. The molecule has 0 saturated heterocycles. The number of allylic oxidation sites excluding steroid dienone is 1. The summed E-state index contributed by atoms with van der Waals surface area (Å²) in [7, 11) is 0. The van der Waals surface area contributed by atoms with Gasteiger partial charge in [-0.25, -0.2) is 0 Å². The van der Waals surface area contributed by atoms with Crippen LogP contribution in [0.1, 0.15) is 24.5 Å². The molecule has 1 aromatic carbocycles. The van der Waals surface area contributed by atoms with Crippen LogP contribution in [0.25, 0.3) is 5.76 Å². The first-order chi connectivity index (χ1) is 7.97. The first-order valence-electron chi connectivity index (χ1n) is 5.05. The van der Waals surface area contributed by atoms with Crippen molar-refractivity contribution in [3.05, 3.63) is 41.5 Å². The molecule has 90 valence electrons. The molecular weight excluding hydrogens is 231 g/mol. The number of halogens is 3. The van der Waals surface area contributed by atoms with E-state index in [1.807, 2.05) is 6.92 Å². The molecule has 0 unspecified atom stereocenters. The zero-order valence-electron chi connectivity index (χ0n) is 9.08. The average molecular weight is 241 g/mol. The van der Waals surface area contributed by atoms with E-state index in [1.165, 1.54) is 12.1 Å². The molecule has 0 radical (unpaired) electrons. The van der Waals surface area contributed by atoms with Gasteiger partial charge in [0.2, 0.25) is 0 Å². The Morgan fingerprint density at radius 1 is 1.18 bits per heavy atom. The SMILES string of the molecule is CC1=NOC(c2ccc(C(F)(F)F)cc2)=CC1. The van der Waals surface area contributed by atoms with E-state index in [0.29, 0.717) is 17.7 Å². The van der Waals surface area contributed by atoms with Crippen LogP contribution in [-0.4, -0.2) is 5.71 Å². The zero-order chi connectivity index (χ0) is 12.5. The van der Waals surface area contributed by atoms with Gasteiger partial charge in [-0.3, -0.25) is 0 Å². The second-order valence-electron chi connectivity index (χ2n) is 3.77. The Bertz CT molecular complexity index is 472. The van der Waals surface area contributed by atoms with Crippen LogP contribution in [0.4, 0.5) is 13.2 Å². The molecular formula is C12H10F3NO. The lowest BCUT2D eigenvalue weighted by Gasteiger charge is -2.12. The molecule has 0 saturated carbocycles. The van der Waals surface area contributed by atoms with E-state index in [9.17, 15) is 13.2 Å². The van der Waals surface area contributed by atoms with Crippen molar-refractivity contribution in [2.75, 3.05) is 0 Å². The molecule has 1 aliphatic rings. The van der Waals surface area contributed by atoms with Crippen molar-refractivity contribution < 1.29 is 18.0 Å². The summed E-state index contributed by atoms with van der Waals surface area (Å²) in [6, 6.07) is 4.82. The summed E-state index contributed by atoms with van der Waals surface area (Å²) in [6.07, 6.45) is -1.86. The van der Waals surface area contributed by atoms with Crippen molar-refractivity contribution in [2.24, 2.45) is 5.16 Å². The lowest BCUT2D eigenvalue weighted by atomic mass is 10.1. The highest BCUT2D eigenvalue weighted by molar-refractivity contribution is 5.85.